The highest BCUT2D eigenvalue weighted by Crippen LogP contribution is 2.47. The van der Waals surface area contributed by atoms with Gasteiger partial charge in [0.05, 0.1) is 30.0 Å². The van der Waals surface area contributed by atoms with Gasteiger partial charge in [0.1, 0.15) is 113 Å². The Hall–Kier alpha value is -12.1. The van der Waals surface area contributed by atoms with Crippen LogP contribution in [0.25, 0.3) is 92.5 Å². The van der Waals surface area contributed by atoms with Gasteiger partial charge in [-0.3, -0.25) is 19.2 Å². The number of halogens is 6. The number of aryl methyl sites for hydroxylation is 1. The Labute approximate surface area is 716 Å². The Bertz CT molecular complexity index is 6410. The Kier molecular flexibility index (Phi) is 27.5. The minimum atomic E-state index is -1.61. The lowest BCUT2D eigenvalue weighted by atomic mass is 9.85. The fourth-order valence-corrected chi connectivity index (χ4v) is 16.9. The van der Waals surface area contributed by atoms with Crippen molar-refractivity contribution in [1.29, 1.82) is 0 Å². The molecule has 4 aromatic heterocycles. The third-order valence-corrected chi connectivity index (χ3v) is 23.5. The quantitative estimate of drug-likeness (QED) is 0.0399. The summed E-state index contributed by atoms with van der Waals surface area (Å²) in [5.74, 6) is -10.2. The summed E-state index contributed by atoms with van der Waals surface area (Å²) in [6.07, 6.45) is 10.9. The highest BCUT2D eigenvalue weighted by atomic mass is 35.5. The summed E-state index contributed by atoms with van der Waals surface area (Å²) in [6.45, 7) is 7.27. The Balaban J connectivity index is 0.000000142. The van der Waals surface area contributed by atoms with Crippen molar-refractivity contribution in [2.75, 3.05) is 80.5 Å². The van der Waals surface area contributed by atoms with E-state index in [1.165, 1.54) is 18.2 Å². The van der Waals surface area contributed by atoms with Crippen LogP contribution in [-0.4, -0.2) is 186 Å². The number of hydrogen-bond donors (Lipinski definition) is 12. The molecule has 124 heavy (non-hydrogen) atoms. The van der Waals surface area contributed by atoms with Crippen molar-refractivity contribution in [2.45, 2.75) is 87.6 Å². The number of likely N-dealkylation sites (tertiary alicyclic amines) is 4. The van der Waals surface area contributed by atoms with Crippen LogP contribution in [0.2, 0.25) is 10.0 Å². The second-order valence-electron chi connectivity index (χ2n) is 31.7. The van der Waals surface area contributed by atoms with E-state index in [4.69, 9.17) is 40.9 Å². The van der Waals surface area contributed by atoms with Crippen LogP contribution >= 0.6 is 23.2 Å². The molecule has 12 aromatic rings. The summed E-state index contributed by atoms with van der Waals surface area (Å²) in [6, 6.07) is 31.8. The molecule has 16 rings (SSSR count). The van der Waals surface area contributed by atoms with Gasteiger partial charge in [0.15, 0.2) is 45.0 Å². The van der Waals surface area contributed by atoms with Crippen molar-refractivity contribution >= 4 is 116 Å². The monoisotopic (exact) mass is 1740 g/mol. The molecule has 0 bridgehead atoms. The molecule has 648 valence electrons. The summed E-state index contributed by atoms with van der Waals surface area (Å²) in [5.41, 5.74) is 1.04. The van der Waals surface area contributed by atoms with Crippen LogP contribution in [0, 0.1) is 37.1 Å². The molecule has 0 amide bonds. The number of piperidine rings is 4. The van der Waals surface area contributed by atoms with Gasteiger partial charge >= 0.3 is 0 Å². The smallest absolute Gasteiger partial charge is 0.197 e. The number of likely N-dealkylation sites (N-methyl/N-ethyl adjacent to an activating group) is 4. The SMILES string of the molecule is CN1CCC(c2c(O)cc(O)c3c(=O)cc(/C=C/c4c(Cl)cccc4Cl)oc23)C(O)C1.CN1CCC(c2c(O)cc(O)c3c(=O)cc(/C=C/c4ccccc4)oc23)C(O)C1.Cc1c(F)c(F)c(/C=C/c2cc(=O)c3c(O)cc(O)c(C4CCN(C)CC4O)c3o2)c(F)c1F.Cc1ccc(/C=C/c2cc(=O)c3c(O)cc(O)c(C4CCN(C)CC4O)c3o2)cc1. The molecule has 8 unspecified atom stereocenters. The standard InChI is InChI=1S/C24H21F4NO5.C24H25NO5.C23H21Cl2NO5.C23H23NO5/c1-10-20(25)22(27)13(23(28)21(10)26)4-3-11-7-14(30)19-16(32)8-15(31)18(24(19)34-11)12-5-6-29(2)9-17(12)33;1-14-3-5-15(6-4-14)7-8-16-11-18(26)23-20(28)12-19(27)22(24(23)30-16)17-9-10-25(2)13-21(17)29;1-26-8-7-14(20(30)11-26)21-18(28)10-19(29)22-17(27)9-12(31-23(21)22)5-6-13-15(24)3-2-4-16(13)25;1-24-10-9-16(20(28)13-24)21-18(26)12-19(27)22-17(25)11-15(29-23(21)22)8-7-14-5-3-2-4-6-14/h3-4,7-8,12,17,31-33H,5-6,9H2,1-2H3;3-8,11-12,17,21,27-29H,9-10,13H2,1-2H3;2-6,9-10,14,20,28-30H,7-8,11H2,1H3;2-8,11-12,16,20,26-28H,9-10,13H2,1H3/b4-3+;8-7+;6-5+;8-7+. The normalized spacial score (nSPS) is 20.0. The molecule has 24 nitrogen and oxygen atoms in total. The average Bonchev–Trinajstić information content (AvgIpc) is 0.763. The van der Waals surface area contributed by atoms with Gasteiger partial charge < -0.3 is 98.5 Å². The van der Waals surface area contributed by atoms with E-state index in [0.717, 1.165) is 73.1 Å². The molecule has 12 N–H and O–H groups in total. The number of aliphatic hydroxyl groups is 4. The second-order valence-corrected chi connectivity index (χ2v) is 32.5. The number of benzene rings is 8. The average molecular weight is 1740 g/mol. The maximum atomic E-state index is 14.2. The first-order valence-corrected chi connectivity index (χ1v) is 40.5. The molecule has 8 atom stereocenters. The Morgan fingerprint density at radius 3 is 0.903 bits per heavy atom. The minimum absolute atomic E-state index is 0.0146. The number of phenols is 8. The first-order chi connectivity index (χ1) is 59.0. The molecule has 30 heteroatoms. The van der Waals surface area contributed by atoms with Gasteiger partial charge in [-0.15, -0.1) is 0 Å². The lowest BCUT2D eigenvalue weighted by Crippen LogP contribution is -2.40. The number of aliphatic hydroxyl groups excluding tert-OH is 4. The van der Waals surface area contributed by atoms with E-state index in [9.17, 15) is 98.0 Å². The maximum Gasteiger partial charge on any atom is 0.197 e. The molecule has 0 saturated carbocycles. The molecule has 0 spiro atoms. The molecular weight excluding hydrogens is 1650 g/mol. The molecule has 8 aromatic carbocycles. The van der Waals surface area contributed by atoms with Gasteiger partial charge in [0, 0.05) is 142 Å². The van der Waals surface area contributed by atoms with Crippen LogP contribution in [0.1, 0.15) is 128 Å². The topological polar surface area (TPSA) is 377 Å². The van der Waals surface area contributed by atoms with E-state index in [2.05, 4.69) is 0 Å². The maximum absolute atomic E-state index is 14.2. The number of β-amino-alcohol motifs (C(OH)–C–C–N with tert-alkyl or cyclic N) is 4. The molecule has 0 aliphatic carbocycles. The van der Waals surface area contributed by atoms with Crippen LogP contribution in [0.4, 0.5) is 17.6 Å². The number of aromatic hydroxyl groups is 8. The van der Waals surface area contributed by atoms with E-state index < -0.39 is 116 Å². The summed E-state index contributed by atoms with van der Waals surface area (Å²) in [4.78, 5) is 58.8. The molecule has 4 aliphatic heterocycles. The van der Waals surface area contributed by atoms with E-state index in [1.54, 1.807) is 42.5 Å². The predicted octanol–water partition coefficient (Wildman–Crippen LogP) is 15.1. The Morgan fingerprint density at radius 2 is 0.613 bits per heavy atom. The van der Waals surface area contributed by atoms with Crippen molar-refractivity contribution < 1.29 is 96.5 Å². The highest BCUT2D eigenvalue weighted by Gasteiger charge is 2.38. The van der Waals surface area contributed by atoms with Crippen molar-refractivity contribution in [3.8, 4) is 46.0 Å². The highest BCUT2D eigenvalue weighted by molar-refractivity contribution is 6.37. The lowest BCUT2D eigenvalue weighted by molar-refractivity contribution is 0.0629. The minimum Gasteiger partial charge on any atom is -0.507 e. The Morgan fingerprint density at radius 1 is 0.339 bits per heavy atom. The van der Waals surface area contributed by atoms with E-state index in [0.29, 0.717) is 115 Å². The molecule has 0 radical (unpaired) electrons. The fourth-order valence-electron chi connectivity index (χ4n) is 16.3. The van der Waals surface area contributed by atoms with Gasteiger partial charge in [-0.1, -0.05) is 102 Å². The van der Waals surface area contributed by atoms with E-state index in [-0.39, 0.29) is 95.5 Å². The van der Waals surface area contributed by atoms with Crippen molar-refractivity contribution in [3.05, 3.63) is 274 Å². The zero-order chi connectivity index (χ0) is 89.1. The van der Waals surface area contributed by atoms with E-state index >= 15 is 0 Å². The summed E-state index contributed by atoms with van der Waals surface area (Å²) in [5, 5.41) is 126. The van der Waals surface area contributed by atoms with Crippen LogP contribution in [0.3, 0.4) is 0 Å². The van der Waals surface area contributed by atoms with E-state index in [1.807, 2.05) is 121 Å². The third-order valence-electron chi connectivity index (χ3n) is 22.8. The third kappa shape index (κ3) is 19.3. The summed E-state index contributed by atoms with van der Waals surface area (Å²) in [7, 11) is 7.55. The number of phenolic OH excluding ortho intramolecular Hbond substituents is 8. The first-order valence-electron chi connectivity index (χ1n) is 39.7. The zero-order valence-corrected chi connectivity index (χ0v) is 69.5. The largest absolute Gasteiger partial charge is 0.507 e. The van der Waals surface area contributed by atoms with Crippen LogP contribution in [0.5, 0.6) is 46.0 Å². The fraction of sp³-hybridized carbons (Fsp3) is 0.277. The number of nitrogens with zero attached hydrogens (tertiary/aromatic N) is 4. The van der Waals surface area contributed by atoms with Crippen LogP contribution < -0.4 is 21.7 Å². The molecule has 4 aliphatic rings. The molecule has 8 heterocycles. The van der Waals surface area contributed by atoms with Gasteiger partial charge in [-0.05, 0) is 154 Å². The van der Waals surface area contributed by atoms with Gasteiger partial charge in [0.2, 0.25) is 0 Å². The number of hydrogen-bond acceptors (Lipinski definition) is 24. The van der Waals surface area contributed by atoms with Crippen molar-refractivity contribution in [3.63, 3.8) is 0 Å². The van der Waals surface area contributed by atoms with Crippen LogP contribution in [0.15, 0.2) is 158 Å². The van der Waals surface area contributed by atoms with Crippen LogP contribution in [-0.2, 0) is 0 Å². The van der Waals surface area contributed by atoms with Crippen molar-refractivity contribution in [1.82, 2.24) is 19.6 Å². The number of fused-ring (bicyclic) bond motifs is 4. The summed E-state index contributed by atoms with van der Waals surface area (Å²) >= 11 is 12.4. The second kappa shape index (κ2) is 38.0. The van der Waals surface area contributed by atoms with Gasteiger partial charge in [0.25, 0.3) is 0 Å². The molecular formula is C94H90Cl2F4N4O20. The van der Waals surface area contributed by atoms with Crippen molar-refractivity contribution in [2.24, 2.45) is 0 Å². The first kappa shape index (κ1) is 89.7. The lowest BCUT2D eigenvalue weighted by Gasteiger charge is -2.34. The zero-order valence-electron chi connectivity index (χ0n) is 68.0. The predicted molar refractivity (Wildman–Crippen MR) is 468 cm³/mol. The molecule has 4 fully saturated rings. The summed E-state index contributed by atoms with van der Waals surface area (Å²) < 4.78 is 79.7. The van der Waals surface area contributed by atoms with Gasteiger partial charge in [-0.25, -0.2) is 17.6 Å². The molecule has 4 saturated heterocycles. The number of rotatable bonds is 12. The van der Waals surface area contributed by atoms with Gasteiger partial charge in [-0.2, -0.15) is 0 Å².